The highest BCUT2D eigenvalue weighted by molar-refractivity contribution is 5.60. The molecule has 6 heteroatoms. The van der Waals surface area contributed by atoms with Gasteiger partial charge in [0.2, 0.25) is 0 Å². The average Bonchev–Trinajstić information content (AvgIpc) is 2.79. The molecule has 32 heavy (non-hydrogen) atoms. The Morgan fingerprint density at radius 1 is 0.719 bits per heavy atom. The van der Waals surface area contributed by atoms with Gasteiger partial charge in [-0.3, -0.25) is 0 Å². The van der Waals surface area contributed by atoms with E-state index < -0.39 is 6.16 Å². The van der Waals surface area contributed by atoms with Crippen molar-refractivity contribution in [2.24, 2.45) is 0 Å². The van der Waals surface area contributed by atoms with E-state index in [9.17, 15) is 4.79 Å². The van der Waals surface area contributed by atoms with Gasteiger partial charge in [0, 0.05) is 6.54 Å². The van der Waals surface area contributed by atoms with Crippen LogP contribution < -0.4 is 5.32 Å². The molecule has 0 aliphatic carbocycles. The van der Waals surface area contributed by atoms with Crippen LogP contribution in [0.15, 0.2) is 0 Å². The summed E-state index contributed by atoms with van der Waals surface area (Å²) >= 11 is 0. The molecule has 0 aliphatic heterocycles. The molecule has 0 fully saturated rings. The van der Waals surface area contributed by atoms with Gasteiger partial charge in [-0.15, -0.1) is 0 Å². The van der Waals surface area contributed by atoms with Crippen LogP contribution in [0, 0.1) is 0 Å². The van der Waals surface area contributed by atoms with Crippen molar-refractivity contribution in [3.8, 4) is 0 Å². The second-order valence-electron chi connectivity index (χ2n) is 8.74. The van der Waals surface area contributed by atoms with Crippen molar-refractivity contribution >= 4 is 6.16 Å². The van der Waals surface area contributed by atoms with Crippen LogP contribution in [0.1, 0.15) is 117 Å². The number of carbonyl (C=O) groups excluding carboxylic acids is 1. The SMILES string of the molecule is CCCCCCCCC(CCCCCC)OC(=O)OCCCCCCNCCOCCO. The monoisotopic (exact) mass is 459 g/mol. The van der Waals surface area contributed by atoms with Crippen LogP contribution in [-0.4, -0.2) is 56.9 Å². The van der Waals surface area contributed by atoms with E-state index in [1.165, 1.54) is 51.4 Å². The molecule has 0 aromatic heterocycles. The first-order chi connectivity index (χ1) is 15.7. The molecule has 2 N–H and O–H groups in total. The Balaban J connectivity index is 3.77. The van der Waals surface area contributed by atoms with E-state index in [1.54, 1.807) is 0 Å². The largest absolute Gasteiger partial charge is 0.508 e. The van der Waals surface area contributed by atoms with Gasteiger partial charge in [-0.1, -0.05) is 78.1 Å². The maximum Gasteiger partial charge on any atom is 0.508 e. The first-order valence-electron chi connectivity index (χ1n) is 13.5. The maximum atomic E-state index is 12.1. The molecule has 0 amide bonds. The van der Waals surface area contributed by atoms with Gasteiger partial charge in [-0.25, -0.2) is 4.79 Å². The summed E-state index contributed by atoms with van der Waals surface area (Å²) in [7, 11) is 0. The highest BCUT2D eigenvalue weighted by atomic mass is 16.7. The molecule has 1 atom stereocenters. The topological polar surface area (TPSA) is 77.0 Å². The number of ether oxygens (including phenoxy) is 3. The zero-order valence-electron chi connectivity index (χ0n) is 21.2. The Morgan fingerprint density at radius 2 is 1.31 bits per heavy atom. The molecular formula is C26H53NO5. The molecule has 0 aromatic carbocycles. The second-order valence-corrected chi connectivity index (χ2v) is 8.74. The lowest BCUT2D eigenvalue weighted by Gasteiger charge is -2.18. The molecule has 0 saturated carbocycles. The highest BCUT2D eigenvalue weighted by Crippen LogP contribution is 2.17. The molecule has 0 heterocycles. The minimum atomic E-state index is -0.485. The van der Waals surface area contributed by atoms with Crippen molar-refractivity contribution in [3.63, 3.8) is 0 Å². The van der Waals surface area contributed by atoms with E-state index in [-0.39, 0.29) is 12.7 Å². The predicted molar refractivity (Wildman–Crippen MR) is 132 cm³/mol. The summed E-state index contributed by atoms with van der Waals surface area (Å²) in [6.45, 7) is 7.79. The van der Waals surface area contributed by atoms with Crippen molar-refractivity contribution < 1.29 is 24.1 Å². The van der Waals surface area contributed by atoms with E-state index in [0.717, 1.165) is 64.5 Å². The van der Waals surface area contributed by atoms with Crippen LogP contribution in [-0.2, 0) is 14.2 Å². The summed E-state index contributed by atoms with van der Waals surface area (Å²) in [5.74, 6) is 0. The molecule has 0 saturated heterocycles. The number of aliphatic hydroxyl groups excluding tert-OH is 1. The standard InChI is InChI=1S/C26H53NO5/c1-3-5-7-9-10-14-18-25(17-13-8-6-4-2)32-26(29)31-22-16-12-11-15-19-27-20-23-30-24-21-28/h25,27-28H,3-24H2,1-2H3. The fraction of sp³-hybridized carbons (Fsp3) is 0.962. The number of carbonyl (C=O) groups is 1. The van der Waals surface area contributed by atoms with Gasteiger partial charge < -0.3 is 24.6 Å². The summed E-state index contributed by atoms with van der Waals surface area (Å²) in [5, 5.41) is 11.9. The van der Waals surface area contributed by atoms with Gasteiger partial charge in [0.25, 0.3) is 0 Å². The molecule has 0 radical (unpaired) electrons. The van der Waals surface area contributed by atoms with Gasteiger partial charge in [-0.2, -0.15) is 0 Å². The third-order valence-electron chi connectivity index (χ3n) is 5.65. The average molecular weight is 460 g/mol. The van der Waals surface area contributed by atoms with Crippen LogP contribution in [0.5, 0.6) is 0 Å². The van der Waals surface area contributed by atoms with E-state index in [1.807, 2.05) is 0 Å². The Kier molecular flexibility index (Phi) is 25.7. The predicted octanol–water partition coefficient (Wildman–Crippen LogP) is 6.39. The van der Waals surface area contributed by atoms with Gasteiger partial charge in [-0.05, 0) is 45.1 Å². The fourth-order valence-electron chi connectivity index (χ4n) is 3.68. The number of nitrogens with one attached hydrogen (secondary N) is 1. The quantitative estimate of drug-likeness (QED) is 0.122. The van der Waals surface area contributed by atoms with Crippen molar-refractivity contribution in [2.45, 2.75) is 123 Å². The Hall–Kier alpha value is -0.850. The molecule has 0 rings (SSSR count). The molecule has 0 spiro atoms. The third-order valence-corrected chi connectivity index (χ3v) is 5.65. The van der Waals surface area contributed by atoms with Crippen molar-refractivity contribution in [1.29, 1.82) is 0 Å². The molecule has 0 aromatic rings. The number of aliphatic hydroxyl groups is 1. The van der Waals surface area contributed by atoms with E-state index in [2.05, 4.69) is 19.2 Å². The normalized spacial score (nSPS) is 12.1. The molecule has 1 unspecified atom stereocenters. The van der Waals surface area contributed by atoms with Crippen LogP contribution in [0.2, 0.25) is 0 Å². The summed E-state index contributed by atoms with van der Waals surface area (Å²) in [6.07, 6.45) is 18.0. The smallest absolute Gasteiger partial charge is 0.434 e. The number of hydrogen-bond acceptors (Lipinski definition) is 6. The van der Waals surface area contributed by atoms with Gasteiger partial charge in [0.05, 0.1) is 26.4 Å². The van der Waals surface area contributed by atoms with Gasteiger partial charge in [0.1, 0.15) is 6.10 Å². The minimum absolute atomic E-state index is 0.0120. The minimum Gasteiger partial charge on any atom is -0.434 e. The van der Waals surface area contributed by atoms with Gasteiger partial charge >= 0.3 is 6.16 Å². The summed E-state index contributed by atoms with van der Waals surface area (Å²) in [6, 6.07) is 0. The number of hydrogen-bond donors (Lipinski definition) is 2. The molecule has 192 valence electrons. The molecule has 0 bridgehead atoms. The van der Waals surface area contributed by atoms with Crippen molar-refractivity contribution in [1.82, 2.24) is 5.32 Å². The van der Waals surface area contributed by atoms with Crippen LogP contribution in [0.25, 0.3) is 0 Å². The van der Waals surface area contributed by atoms with E-state index in [4.69, 9.17) is 19.3 Å². The second kappa shape index (κ2) is 26.4. The van der Waals surface area contributed by atoms with Crippen molar-refractivity contribution in [3.05, 3.63) is 0 Å². The molecule has 6 nitrogen and oxygen atoms in total. The number of unbranched alkanes of at least 4 members (excludes halogenated alkanes) is 11. The summed E-state index contributed by atoms with van der Waals surface area (Å²) in [4.78, 5) is 12.1. The zero-order valence-corrected chi connectivity index (χ0v) is 21.2. The molecule has 0 aliphatic rings. The Bertz CT molecular complexity index is 381. The maximum absolute atomic E-state index is 12.1. The first-order valence-corrected chi connectivity index (χ1v) is 13.5. The number of rotatable bonds is 25. The summed E-state index contributed by atoms with van der Waals surface area (Å²) in [5.41, 5.74) is 0. The van der Waals surface area contributed by atoms with Gasteiger partial charge in [0.15, 0.2) is 0 Å². The van der Waals surface area contributed by atoms with E-state index in [0.29, 0.717) is 19.8 Å². The van der Waals surface area contributed by atoms with Crippen LogP contribution in [0.4, 0.5) is 4.79 Å². The first kappa shape index (κ1) is 31.1. The van der Waals surface area contributed by atoms with Crippen LogP contribution in [0.3, 0.4) is 0 Å². The summed E-state index contributed by atoms with van der Waals surface area (Å²) < 4.78 is 16.2. The fourth-order valence-corrected chi connectivity index (χ4v) is 3.68. The van der Waals surface area contributed by atoms with E-state index >= 15 is 0 Å². The lowest BCUT2D eigenvalue weighted by molar-refractivity contribution is 0.0154. The molecular weight excluding hydrogens is 406 g/mol. The van der Waals surface area contributed by atoms with Crippen LogP contribution >= 0.6 is 0 Å². The Labute approximate surface area is 198 Å². The third kappa shape index (κ3) is 23.8. The lowest BCUT2D eigenvalue weighted by Crippen LogP contribution is -2.21. The lowest BCUT2D eigenvalue weighted by atomic mass is 10.0. The zero-order chi connectivity index (χ0) is 23.5. The Morgan fingerprint density at radius 3 is 2.00 bits per heavy atom. The van der Waals surface area contributed by atoms with Crippen molar-refractivity contribution in [2.75, 3.05) is 39.5 Å². The highest BCUT2D eigenvalue weighted by Gasteiger charge is 2.15.